The van der Waals surface area contributed by atoms with Gasteiger partial charge in [-0.05, 0) is 83.5 Å². The Bertz CT molecular complexity index is 2120. The first kappa shape index (κ1) is 90.2. The maximum Gasteiger partial charge on any atom is 0.472 e. The summed E-state index contributed by atoms with van der Waals surface area (Å²) in [5, 5.41) is 10.6. The van der Waals surface area contributed by atoms with Crippen LogP contribution in [-0.4, -0.2) is 96.7 Å². The van der Waals surface area contributed by atoms with Crippen molar-refractivity contribution in [2.75, 3.05) is 39.6 Å². The molecule has 0 spiro atoms. The third kappa shape index (κ3) is 66.8. The second-order valence-electron chi connectivity index (χ2n) is 24.5. The molecule has 0 bridgehead atoms. The summed E-state index contributed by atoms with van der Waals surface area (Å²) in [7, 11) is -9.96. The molecule has 17 nitrogen and oxygen atoms in total. The molecule has 0 saturated carbocycles. The van der Waals surface area contributed by atoms with Crippen molar-refractivity contribution >= 4 is 39.5 Å². The van der Waals surface area contributed by atoms with E-state index in [0.717, 1.165) is 116 Å². The number of allylic oxidation sites excluding steroid dienone is 13. The van der Waals surface area contributed by atoms with Crippen molar-refractivity contribution in [3.63, 3.8) is 0 Å². The van der Waals surface area contributed by atoms with E-state index in [4.69, 9.17) is 37.0 Å². The molecule has 0 amide bonds. The van der Waals surface area contributed by atoms with Gasteiger partial charge in [0.05, 0.1) is 32.8 Å². The Balaban J connectivity index is 5.39. The van der Waals surface area contributed by atoms with Gasteiger partial charge in [-0.3, -0.25) is 37.3 Å². The molecule has 94 heavy (non-hydrogen) atoms. The highest BCUT2D eigenvalue weighted by atomic mass is 31.2. The second kappa shape index (κ2) is 67.8. The van der Waals surface area contributed by atoms with Crippen LogP contribution in [0.5, 0.6) is 0 Å². The molecule has 0 aromatic rings. The summed E-state index contributed by atoms with van der Waals surface area (Å²) in [5.41, 5.74) is 0. The van der Waals surface area contributed by atoms with Crippen LogP contribution in [0.2, 0.25) is 0 Å². The van der Waals surface area contributed by atoms with Crippen LogP contribution in [0.4, 0.5) is 0 Å². The number of aliphatic hydroxyl groups excluding tert-OH is 1. The monoisotopic (exact) mass is 1370 g/mol. The van der Waals surface area contributed by atoms with Crippen LogP contribution in [0.15, 0.2) is 85.1 Å². The average Bonchev–Trinajstić information content (AvgIpc) is 1.36. The Labute approximate surface area is 570 Å². The smallest absolute Gasteiger partial charge is 0.462 e. The zero-order valence-electron chi connectivity index (χ0n) is 59.1. The van der Waals surface area contributed by atoms with Crippen molar-refractivity contribution < 1.29 is 80.2 Å². The normalized spacial score (nSPS) is 14.5. The molecule has 0 fully saturated rings. The quantitative estimate of drug-likeness (QED) is 0.0169. The van der Waals surface area contributed by atoms with Gasteiger partial charge < -0.3 is 33.8 Å². The van der Waals surface area contributed by atoms with Crippen LogP contribution >= 0.6 is 15.6 Å². The van der Waals surface area contributed by atoms with E-state index in [9.17, 15) is 43.2 Å². The Hall–Kier alpha value is -3.76. The van der Waals surface area contributed by atoms with E-state index < -0.39 is 97.5 Å². The van der Waals surface area contributed by atoms with Gasteiger partial charge in [0.25, 0.3) is 0 Å². The number of phosphoric acid groups is 2. The molecular weight excluding hydrogens is 1230 g/mol. The van der Waals surface area contributed by atoms with Gasteiger partial charge in [0, 0.05) is 19.3 Å². The number of esters is 4. The van der Waals surface area contributed by atoms with Gasteiger partial charge in [-0.15, -0.1) is 0 Å². The van der Waals surface area contributed by atoms with E-state index in [-0.39, 0.29) is 25.7 Å². The lowest BCUT2D eigenvalue weighted by Gasteiger charge is -2.21. The van der Waals surface area contributed by atoms with Crippen LogP contribution in [0.1, 0.15) is 310 Å². The summed E-state index contributed by atoms with van der Waals surface area (Å²) in [5.74, 6) is -2.32. The molecule has 3 N–H and O–H groups in total. The summed E-state index contributed by atoms with van der Waals surface area (Å²) < 4.78 is 68.2. The topological polar surface area (TPSA) is 237 Å². The lowest BCUT2D eigenvalue weighted by Crippen LogP contribution is -2.30. The first-order chi connectivity index (χ1) is 45.7. The van der Waals surface area contributed by atoms with E-state index in [0.29, 0.717) is 25.7 Å². The molecule has 0 aliphatic heterocycles. The predicted molar refractivity (Wildman–Crippen MR) is 381 cm³/mol. The maximum absolute atomic E-state index is 13.0. The van der Waals surface area contributed by atoms with E-state index in [1.165, 1.54) is 116 Å². The molecule has 544 valence electrons. The Kier molecular flexibility index (Phi) is 65.1. The minimum Gasteiger partial charge on any atom is -0.462 e. The van der Waals surface area contributed by atoms with Gasteiger partial charge in [-0.1, -0.05) is 286 Å². The van der Waals surface area contributed by atoms with Crippen molar-refractivity contribution in [2.24, 2.45) is 0 Å². The molecule has 0 saturated heterocycles. The second-order valence-corrected chi connectivity index (χ2v) is 27.4. The number of carbonyl (C=O) groups excluding carboxylic acids is 4. The molecule has 19 heteroatoms. The minimum absolute atomic E-state index is 0.0607. The van der Waals surface area contributed by atoms with Crippen molar-refractivity contribution in [3.8, 4) is 0 Å². The van der Waals surface area contributed by atoms with Gasteiger partial charge in [0.1, 0.15) is 19.3 Å². The van der Waals surface area contributed by atoms with Gasteiger partial charge in [-0.2, -0.15) is 0 Å². The summed E-state index contributed by atoms with van der Waals surface area (Å²) in [4.78, 5) is 72.6. The number of hydrogen-bond acceptors (Lipinski definition) is 15. The summed E-state index contributed by atoms with van der Waals surface area (Å²) in [6, 6.07) is 0. The Morgan fingerprint density at radius 3 is 0.968 bits per heavy atom. The Morgan fingerprint density at radius 2 is 0.596 bits per heavy atom. The highest BCUT2D eigenvalue weighted by molar-refractivity contribution is 7.47. The molecule has 5 unspecified atom stereocenters. The maximum atomic E-state index is 13.0. The third-order valence-corrected chi connectivity index (χ3v) is 17.3. The van der Waals surface area contributed by atoms with Crippen molar-refractivity contribution in [1.82, 2.24) is 0 Å². The molecule has 0 aliphatic rings. The zero-order chi connectivity index (χ0) is 69.0. The third-order valence-electron chi connectivity index (χ3n) is 15.4. The fraction of sp³-hybridized carbons (Fsp3) is 0.760. The highest BCUT2D eigenvalue weighted by Crippen LogP contribution is 2.45. The summed E-state index contributed by atoms with van der Waals surface area (Å²) >= 11 is 0. The summed E-state index contributed by atoms with van der Waals surface area (Å²) in [6.07, 6.45) is 67.6. The summed E-state index contributed by atoms with van der Waals surface area (Å²) in [6.45, 7) is 4.61. The first-order valence-electron chi connectivity index (χ1n) is 36.8. The van der Waals surface area contributed by atoms with Crippen molar-refractivity contribution in [3.05, 3.63) is 85.1 Å². The van der Waals surface area contributed by atoms with Crippen LogP contribution in [0, 0.1) is 0 Å². The fourth-order valence-corrected chi connectivity index (χ4v) is 11.4. The standard InChI is InChI=1S/C75H132O17P2/c1-5-9-13-17-21-25-29-32-34-37-41-44-48-52-56-60-73(78)86-66-71(92-75(80)62-58-54-50-46-42-38-35-33-30-26-22-18-14-10-6-2)68-90-94(83,84)88-64-69(76)63-87-93(81,82)89-67-70(91-74(79)61-57-53-49-45-39-28-24-20-16-12-8-4)65-85-72(77)59-55-51-47-43-40-36-31-27-23-19-15-11-7-3/h9,13,21-22,25-26,32-35,41,44,52,56,69-71,76H,5-8,10-12,14-20,23-24,27-31,36-40,42-43,45-51,53-55,57-68H2,1-4H3,(H,81,82)(H,83,84)/b13-9-,25-21-,26-22-,34-32-,35-33-,44-41-,56-52-. The van der Waals surface area contributed by atoms with Crippen molar-refractivity contribution in [2.45, 2.75) is 329 Å². The van der Waals surface area contributed by atoms with E-state index in [1.54, 1.807) is 6.08 Å². The van der Waals surface area contributed by atoms with E-state index in [1.807, 2.05) is 18.2 Å². The molecule has 0 aromatic heterocycles. The van der Waals surface area contributed by atoms with Crippen molar-refractivity contribution in [1.29, 1.82) is 0 Å². The van der Waals surface area contributed by atoms with Crippen LogP contribution < -0.4 is 0 Å². The van der Waals surface area contributed by atoms with Crippen LogP contribution in [-0.2, 0) is 65.4 Å². The fourth-order valence-electron chi connectivity index (χ4n) is 9.79. The lowest BCUT2D eigenvalue weighted by molar-refractivity contribution is -0.161. The molecular formula is C75H132O17P2. The number of rotatable bonds is 69. The minimum atomic E-state index is -4.99. The van der Waals surface area contributed by atoms with E-state index in [2.05, 4.69) is 88.5 Å². The number of aliphatic hydroxyl groups is 1. The number of ether oxygens (including phenoxy) is 4. The molecule has 0 heterocycles. The lowest BCUT2D eigenvalue weighted by atomic mass is 10.0. The predicted octanol–water partition coefficient (Wildman–Crippen LogP) is 20.7. The van der Waals surface area contributed by atoms with Gasteiger partial charge in [-0.25, -0.2) is 9.13 Å². The first-order valence-corrected chi connectivity index (χ1v) is 39.8. The van der Waals surface area contributed by atoms with Crippen LogP contribution in [0.25, 0.3) is 0 Å². The average molecular weight is 1370 g/mol. The molecule has 0 radical (unpaired) electrons. The number of phosphoric ester groups is 2. The zero-order valence-corrected chi connectivity index (χ0v) is 60.9. The molecule has 0 aromatic carbocycles. The molecule has 0 aliphatic carbocycles. The van der Waals surface area contributed by atoms with Gasteiger partial charge in [0.15, 0.2) is 12.2 Å². The van der Waals surface area contributed by atoms with Gasteiger partial charge in [0.2, 0.25) is 0 Å². The number of carbonyl (C=O) groups is 4. The molecule has 5 atom stereocenters. The Morgan fingerprint density at radius 1 is 0.319 bits per heavy atom. The number of unbranched alkanes of at least 4 members (excludes halogenated alkanes) is 30. The SMILES string of the molecule is CC/C=C\C/C=C\C/C=C\C/C=C\C/C=C\CC(=O)OCC(COP(=O)(O)OCC(O)COP(=O)(O)OCC(COC(=O)CCCCCCCCCCCCCCC)OC(=O)CCCCCCCCCCCCC)OC(=O)CCCCCCC/C=C\C/C=C\CCCCC. The van der Waals surface area contributed by atoms with Gasteiger partial charge >= 0.3 is 39.5 Å². The van der Waals surface area contributed by atoms with Crippen LogP contribution in [0.3, 0.4) is 0 Å². The largest absolute Gasteiger partial charge is 0.472 e. The van der Waals surface area contributed by atoms with E-state index >= 15 is 0 Å². The molecule has 0 rings (SSSR count). The number of hydrogen-bond donors (Lipinski definition) is 3. The highest BCUT2D eigenvalue weighted by Gasteiger charge is 2.30.